The van der Waals surface area contributed by atoms with E-state index < -0.39 is 5.97 Å². The monoisotopic (exact) mass is 397 g/mol. The van der Waals surface area contributed by atoms with Crippen molar-refractivity contribution in [3.05, 3.63) is 81.2 Å². The second-order valence-corrected chi connectivity index (χ2v) is 7.57. The summed E-state index contributed by atoms with van der Waals surface area (Å²) in [4.78, 5) is 33.1. The quantitative estimate of drug-likeness (QED) is 0.487. The SMILES string of the molecule is O=C(O)c1ccc(CSc2nc3c(c(=O)[nH]2)CN(Cc2ccccc2)CC3)o1. The van der Waals surface area contributed by atoms with Gasteiger partial charge in [0.25, 0.3) is 5.56 Å². The third-order valence-corrected chi connectivity index (χ3v) is 5.49. The molecule has 3 aromatic rings. The van der Waals surface area contributed by atoms with Gasteiger partial charge in [0.2, 0.25) is 5.76 Å². The summed E-state index contributed by atoms with van der Waals surface area (Å²) in [5.74, 6) is -0.274. The molecule has 0 fully saturated rings. The lowest BCUT2D eigenvalue weighted by Crippen LogP contribution is -2.35. The maximum Gasteiger partial charge on any atom is 0.371 e. The zero-order chi connectivity index (χ0) is 19.5. The highest BCUT2D eigenvalue weighted by Gasteiger charge is 2.21. The number of carboxylic acid groups (broad SMARTS) is 1. The van der Waals surface area contributed by atoms with E-state index in [1.165, 1.54) is 23.4 Å². The van der Waals surface area contributed by atoms with Crippen molar-refractivity contribution in [2.24, 2.45) is 0 Å². The number of H-pyrrole nitrogens is 1. The van der Waals surface area contributed by atoms with E-state index in [9.17, 15) is 9.59 Å². The number of carboxylic acids is 1. The minimum Gasteiger partial charge on any atom is -0.475 e. The van der Waals surface area contributed by atoms with Crippen LogP contribution in [0.3, 0.4) is 0 Å². The van der Waals surface area contributed by atoms with E-state index in [1.54, 1.807) is 6.07 Å². The molecule has 4 rings (SSSR count). The highest BCUT2D eigenvalue weighted by molar-refractivity contribution is 7.98. The Morgan fingerprint density at radius 1 is 1.25 bits per heavy atom. The number of thioether (sulfide) groups is 1. The third kappa shape index (κ3) is 4.18. The molecule has 0 atom stereocenters. The maximum atomic E-state index is 12.6. The fraction of sp³-hybridized carbons (Fsp3) is 0.250. The third-order valence-electron chi connectivity index (χ3n) is 4.60. The molecule has 0 bridgehead atoms. The van der Waals surface area contributed by atoms with E-state index in [-0.39, 0.29) is 11.3 Å². The first-order chi connectivity index (χ1) is 13.6. The minimum atomic E-state index is -1.10. The Bertz CT molecular complexity index is 1050. The lowest BCUT2D eigenvalue weighted by atomic mass is 10.1. The van der Waals surface area contributed by atoms with Crippen LogP contribution in [0.5, 0.6) is 0 Å². The summed E-state index contributed by atoms with van der Waals surface area (Å²) in [6.45, 7) is 2.24. The molecule has 0 radical (unpaired) electrons. The van der Waals surface area contributed by atoms with Gasteiger partial charge in [0.1, 0.15) is 5.76 Å². The zero-order valence-corrected chi connectivity index (χ0v) is 15.9. The van der Waals surface area contributed by atoms with Gasteiger partial charge in [-0.15, -0.1) is 0 Å². The maximum absolute atomic E-state index is 12.6. The smallest absolute Gasteiger partial charge is 0.371 e. The molecule has 0 aliphatic carbocycles. The van der Waals surface area contributed by atoms with Crippen molar-refractivity contribution < 1.29 is 14.3 Å². The Balaban J connectivity index is 1.43. The van der Waals surface area contributed by atoms with Gasteiger partial charge in [0, 0.05) is 26.1 Å². The molecule has 8 heteroatoms. The number of carbonyl (C=O) groups is 1. The molecule has 7 nitrogen and oxygen atoms in total. The topological polar surface area (TPSA) is 99.4 Å². The van der Waals surface area contributed by atoms with Crippen molar-refractivity contribution >= 4 is 17.7 Å². The first kappa shape index (κ1) is 18.5. The summed E-state index contributed by atoms with van der Waals surface area (Å²) in [6.07, 6.45) is 0.726. The number of rotatable bonds is 6. The van der Waals surface area contributed by atoms with E-state index in [1.807, 2.05) is 18.2 Å². The fourth-order valence-electron chi connectivity index (χ4n) is 3.21. The molecule has 2 N–H and O–H groups in total. The van der Waals surface area contributed by atoms with Gasteiger partial charge in [-0.2, -0.15) is 0 Å². The predicted molar refractivity (Wildman–Crippen MR) is 104 cm³/mol. The summed E-state index contributed by atoms with van der Waals surface area (Å²) in [5, 5.41) is 9.42. The summed E-state index contributed by atoms with van der Waals surface area (Å²) in [6, 6.07) is 13.2. The normalized spacial score (nSPS) is 14.0. The van der Waals surface area contributed by atoms with E-state index >= 15 is 0 Å². The van der Waals surface area contributed by atoms with Crippen LogP contribution in [0.4, 0.5) is 0 Å². The molecule has 1 aromatic carbocycles. The first-order valence-corrected chi connectivity index (χ1v) is 9.90. The first-order valence-electron chi connectivity index (χ1n) is 8.91. The van der Waals surface area contributed by atoms with Crippen LogP contribution >= 0.6 is 11.8 Å². The summed E-state index contributed by atoms with van der Waals surface area (Å²) in [7, 11) is 0. The van der Waals surface area contributed by atoms with Gasteiger partial charge in [0.15, 0.2) is 5.16 Å². The Morgan fingerprint density at radius 3 is 2.82 bits per heavy atom. The minimum absolute atomic E-state index is 0.0963. The molecule has 1 aliphatic rings. The van der Waals surface area contributed by atoms with Crippen LogP contribution < -0.4 is 5.56 Å². The Morgan fingerprint density at radius 2 is 2.07 bits per heavy atom. The number of fused-ring (bicyclic) bond motifs is 1. The average molecular weight is 397 g/mol. The van der Waals surface area contributed by atoms with E-state index in [0.717, 1.165) is 30.8 Å². The molecule has 0 unspecified atom stereocenters. The molecule has 144 valence electrons. The van der Waals surface area contributed by atoms with Crippen LogP contribution in [0.25, 0.3) is 0 Å². The van der Waals surface area contributed by atoms with E-state index in [4.69, 9.17) is 9.52 Å². The number of benzene rings is 1. The van der Waals surface area contributed by atoms with Gasteiger partial charge < -0.3 is 14.5 Å². The van der Waals surface area contributed by atoms with Crippen molar-refractivity contribution in [1.29, 1.82) is 0 Å². The van der Waals surface area contributed by atoms with Gasteiger partial charge in [-0.05, 0) is 17.7 Å². The standard InChI is InChI=1S/C20H19N3O4S/c24-18-15-11-23(10-13-4-2-1-3-5-13)9-8-16(15)21-20(22-18)28-12-14-6-7-17(27-14)19(25)26/h1-7H,8-12H2,(H,25,26)(H,21,22,24). The van der Waals surface area contributed by atoms with Gasteiger partial charge in [-0.3, -0.25) is 9.69 Å². The van der Waals surface area contributed by atoms with Crippen molar-refractivity contribution in [1.82, 2.24) is 14.9 Å². The molecule has 0 amide bonds. The Labute approximate surface area is 165 Å². The van der Waals surface area contributed by atoms with E-state index in [2.05, 4.69) is 27.0 Å². The number of aromatic amines is 1. The van der Waals surface area contributed by atoms with Crippen molar-refractivity contribution in [2.75, 3.05) is 6.54 Å². The van der Waals surface area contributed by atoms with Crippen LogP contribution in [0.15, 0.2) is 56.8 Å². The Hall–Kier alpha value is -2.84. The Kier molecular flexibility index (Phi) is 5.31. The van der Waals surface area contributed by atoms with Crippen LogP contribution in [-0.2, 0) is 25.3 Å². The van der Waals surface area contributed by atoms with Gasteiger partial charge in [0.05, 0.1) is 17.0 Å². The molecule has 28 heavy (non-hydrogen) atoms. The number of hydrogen-bond acceptors (Lipinski definition) is 6. The second-order valence-electron chi connectivity index (χ2n) is 6.60. The zero-order valence-electron chi connectivity index (χ0n) is 15.1. The average Bonchev–Trinajstić information content (AvgIpc) is 3.17. The summed E-state index contributed by atoms with van der Waals surface area (Å²) in [5.41, 5.74) is 2.66. The molecule has 3 heterocycles. The largest absolute Gasteiger partial charge is 0.475 e. The van der Waals surface area contributed by atoms with Gasteiger partial charge in [-0.25, -0.2) is 9.78 Å². The number of hydrogen-bond donors (Lipinski definition) is 2. The number of aromatic nitrogens is 2. The molecule has 1 aliphatic heterocycles. The predicted octanol–water partition coefficient (Wildman–Crippen LogP) is 2.91. The van der Waals surface area contributed by atoms with Crippen LogP contribution in [-0.4, -0.2) is 32.5 Å². The lowest BCUT2D eigenvalue weighted by Gasteiger charge is -2.27. The van der Waals surface area contributed by atoms with Crippen LogP contribution in [0, 0.1) is 0 Å². The van der Waals surface area contributed by atoms with Crippen molar-refractivity contribution in [3.8, 4) is 0 Å². The molecular formula is C20H19N3O4S. The summed E-state index contributed by atoms with van der Waals surface area (Å²) < 4.78 is 5.23. The number of aromatic carboxylic acids is 1. The fourth-order valence-corrected chi connectivity index (χ4v) is 3.99. The second kappa shape index (κ2) is 8.04. The van der Waals surface area contributed by atoms with Gasteiger partial charge >= 0.3 is 5.97 Å². The molecule has 0 saturated carbocycles. The molecule has 0 spiro atoms. The van der Waals surface area contributed by atoms with Crippen molar-refractivity contribution in [3.63, 3.8) is 0 Å². The van der Waals surface area contributed by atoms with Crippen molar-refractivity contribution in [2.45, 2.75) is 30.4 Å². The van der Waals surface area contributed by atoms with Gasteiger partial charge in [-0.1, -0.05) is 42.1 Å². The lowest BCUT2D eigenvalue weighted by molar-refractivity contribution is 0.0661. The molecule has 0 saturated heterocycles. The van der Waals surface area contributed by atoms with Crippen LogP contribution in [0.2, 0.25) is 0 Å². The molecular weight excluding hydrogens is 378 g/mol. The van der Waals surface area contributed by atoms with Crippen LogP contribution in [0.1, 0.15) is 33.1 Å². The summed E-state index contributed by atoms with van der Waals surface area (Å²) >= 11 is 1.32. The highest BCUT2D eigenvalue weighted by Crippen LogP contribution is 2.23. The number of nitrogens with one attached hydrogen (secondary N) is 1. The van der Waals surface area contributed by atoms with E-state index in [0.29, 0.717) is 23.2 Å². The molecule has 2 aromatic heterocycles. The number of nitrogens with zero attached hydrogens (tertiary/aromatic N) is 2. The number of furan rings is 1. The highest BCUT2D eigenvalue weighted by atomic mass is 32.2.